The van der Waals surface area contributed by atoms with E-state index in [9.17, 15) is 9.59 Å². The van der Waals surface area contributed by atoms with Crippen molar-refractivity contribution < 1.29 is 9.53 Å². The van der Waals surface area contributed by atoms with E-state index < -0.39 is 0 Å². The molecule has 2 aromatic heterocycles. The van der Waals surface area contributed by atoms with E-state index in [0.717, 1.165) is 4.47 Å². The molecule has 0 unspecified atom stereocenters. The second kappa shape index (κ2) is 7.46. The van der Waals surface area contributed by atoms with Gasteiger partial charge in [-0.1, -0.05) is 0 Å². The van der Waals surface area contributed by atoms with E-state index in [1.807, 2.05) is 11.0 Å². The molecule has 1 fully saturated rings. The van der Waals surface area contributed by atoms with E-state index in [1.54, 1.807) is 12.3 Å². The Morgan fingerprint density at radius 2 is 2.13 bits per heavy atom. The van der Waals surface area contributed by atoms with Crippen molar-refractivity contribution in [3.05, 3.63) is 44.9 Å². The number of nitrogens with zero attached hydrogens (tertiary/aromatic N) is 3. The Morgan fingerprint density at radius 3 is 2.91 bits per heavy atom. The lowest BCUT2D eigenvalue weighted by atomic mass is 10.4. The molecule has 6 nitrogen and oxygen atoms in total. The van der Waals surface area contributed by atoms with E-state index in [0.29, 0.717) is 49.2 Å². The summed E-state index contributed by atoms with van der Waals surface area (Å²) in [4.78, 5) is 30.4. The van der Waals surface area contributed by atoms with Crippen LogP contribution in [0.2, 0.25) is 0 Å². The topological polar surface area (TPSA) is 63.9 Å². The smallest absolute Gasteiger partial charge is 0.258 e. The minimum atomic E-state index is -0.119. The van der Waals surface area contributed by atoms with Crippen LogP contribution in [0.1, 0.15) is 5.69 Å². The molecule has 3 heterocycles. The molecule has 1 aliphatic heterocycles. The first-order valence-electron chi connectivity index (χ1n) is 7.24. The zero-order valence-corrected chi connectivity index (χ0v) is 14.8. The number of carbonyl (C=O) groups is 1. The molecule has 1 saturated heterocycles. The Morgan fingerprint density at radius 1 is 1.35 bits per heavy atom. The fourth-order valence-corrected chi connectivity index (χ4v) is 3.50. The number of morpholine rings is 1. The third kappa shape index (κ3) is 4.13. The summed E-state index contributed by atoms with van der Waals surface area (Å²) in [5.74, 6) is 1.04. The lowest BCUT2D eigenvalue weighted by molar-refractivity contribution is -0.132. The maximum atomic E-state index is 12.1. The van der Waals surface area contributed by atoms with E-state index in [1.165, 1.54) is 22.2 Å². The maximum absolute atomic E-state index is 12.1. The first-order valence-corrected chi connectivity index (χ1v) is 9.19. The van der Waals surface area contributed by atoms with Gasteiger partial charge in [-0.15, -0.1) is 11.8 Å². The van der Waals surface area contributed by atoms with E-state index >= 15 is 0 Å². The predicted molar refractivity (Wildman–Crippen MR) is 92.7 cm³/mol. The average molecular weight is 398 g/mol. The van der Waals surface area contributed by atoms with E-state index in [2.05, 4.69) is 20.9 Å². The number of halogens is 1. The Hall–Kier alpha value is -1.38. The van der Waals surface area contributed by atoms with Gasteiger partial charge in [-0.25, -0.2) is 4.98 Å². The van der Waals surface area contributed by atoms with Crippen molar-refractivity contribution in [2.24, 2.45) is 0 Å². The van der Waals surface area contributed by atoms with Crippen LogP contribution in [0, 0.1) is 0 Å². The number of hydrogen-bond donors (Lipinski definition) is 0. The first-order chi connectivity index (χ1) is 11.1. The molecule has 0 N–H and O–H groups in total. The lowest BCUT2D eigenvalue weighted by Crippen LogP contribution is -2.41. The molecule has 0 atom stereocenters. The van der Waals surface area contributed by atoms with Gasteiger partial charge in [0.15, 0.2) is 0 Å². The van der Waals surface area contributed by atoms with Crippen molar-refractivity contribution in [3.63, 3.8) is 0 Å². The summed E-state index contributed by atoms with van der Waals surface area (Å²) in [5, 5.41) is 0. The Balaban J connectivity index is 1.62. The Labute approximate surface area is 146 Å². The molecule has 1 amide bonds. The van der Waals surface area contributed by atoms with Crippen LogP contribution in [0.25, 0.3) is 5.65 Å². The largest absolute Gasteiger partial charge is 0.378 e. The number of rotatable bonds is 4. The van der Waals surface area contributed by atoms with Crippen LogP contribution in [0.5, 0.6) is 0 Å². The molecule has 122 valence electrons. The molecule has 0 radical (unpaired) electrons. The van der Waals surface area contributed by atoms with Gasteiger partial charge in [0.1, 0.15) is 5.65 Å². The number of fused-ring (bicyclic) bond motifs is 1. The van der Waals surface area contributed by atoms with Crippen LogP contribution in [0.15, 0.2) is 33.7 Å². The molecule has 0 aliphatic carbocycles. The number of pyridine rings is 1. The highest BCUT2D eigenvalue weighted by Gasteiger charge is 2.16. The highest BCUT2D eigenvalue weighted by Crippen LogP contribution is 2.13. The van der Waals surface area contributed by atoms with Crippen LogP contribution >= 0.6 is 27.7 Å². The maximum Gasteiger partial charge on any atom is 0.258 e. The van der Waals surface area contributed by atoms with Gasteiger partial charge >= 0.3 is 0 Å². The molecule has 0 aromatic carbocycles. The minimum absolute atomic E-state index is 0.111. The van der Waals surface area contributed by atoms with E-state index in [-0.39, 0.29) is 11.5 Å². The highest BCUT2D eigenvalue weighted by molar-refractivity contribution is 9.10. The zero-order valence-electron chi connectivity index (χ0n) is 12.4. The fraction of sp³-hybridized carbons (Fsp3) is 0.400. The summed E-state index contributed by atoms with van der Waals surface area (Å²) in [7, 11) is 0. The number of carbonyl (C=O) groups excluding carboxylic acids is 1. The molecule has 0 spiro atoms. The standard InChI is InChI=1S/C15H16BrN3O3S/c16-11-1-2-13-17-12(7-14(20)19(13)8-11)9-23-10-15(21)18-3-5-22-6-4-18/h1-2,7-8H,3-6,9-10H2. The predicted octanol–water partition coefficient (Wildman–Crippen LogP) is 1.55. The van der Waals surface area contributed by atoms with Gasteiger partial charge < -0.3 is 9.64 Å². The van der Waals surface area contributed by atoms with E-state index in [4.69, 9.17) is 4.74 Å². The third-order valence-electron chi connectivity index (χ3n) is 3.52. The zero-order chi connectivity index (χ0) is 16.2. The van der Waals surface area contributed by atoms with Crippen molar-refractivity contribution >= 4 is 39.2 Å². The lowest BCUT2D eigenvalue weighted by Gasteiger charge is -2.26. The van der Waals surface area contributed by atoms with Gasteiger partial charge in [-0.05, 0) is 28.1 Å². The molecular weight excluding hydrogens is 382 g/mol. The van der Waals surface area contributed by atoms with Gasteiger partial charge in [0.25, 0.3) is 5.56 Å². The third-order valence-corrected chi connectivity index (χ3v) is 4.94. The first kappa shape index (κ1) is 16.5. The summed E-state index contributed by atoms with van der Waals surface area (Å²) < 4.78 is 7.56. The van der Waals surface area contributed by atoms with Crippen LogP contribution in [-0.4, -0.2) is 52.2 Å². The van der Waals surface area contributed by atoms with Crippen molar-refractivity contribution in [1.29, 1.82) is 0 Å². The summed E-state index contributed by atoms with van der Waals surface area (Å²) in [6.45, 7) is 2.53. The average Bonchev–Trinajstić information content (AvgIpc) is 2.56. The minimum Gasteiger partial charge on any atom is -0.378 e. The Bertz CT molecular complexity index is 774. The molecular formula is C15H16BrN3O3S. The summed E-state index contributed by atoms with van der Waals surface area (Å²) in [5.41, 5.74) is 1.18. The Kier molecular flexibility index (Phi) is 5.34. The second-order valence-electron chi connectivity index (χ2n) is 5.15. The van der Waals surface area contributed by atoms with Crippen molar-refractivity contribution in [3.8, 4) is 0 Å². The van der Waals surface area contributed by atoms with Crippen molar-refractivity contribution in [2.75, 3.05) is 32.1 Å². The number of ether oxygens (including phenoxy) is 1. The molecule has 8 heteroatoms. The number of hydrogen-bond acceptors (Lipinski definition) is 5. The molecule has 23 heavy (non-hydrogen) atoms. The molecule has 0 saturated carbocycles. The second-order valence-corrected chi connectivity index (χ2v) is 7.05. The van der Waals surface area contributed by atoms with Gasteiger partial charge in [0, 0.05) is 35.6 Å². The molecule has 0 bridgehead atoms. The van der Waals surface area contributed by atoms with Gasteiger partial charge in [-0.3, -0.25) is 14.0 Å². The number of thioether (sulfide) groups is 1. The van der Waals surface area contributed by atoms with Crippen LogP contribution < -0.4 is 5.56 Å². The summed E-state index contributed by atoms with van der Waals surface area (Å²) >= 11 is 4.81. The van der Waals surface area contributed by atoms with Crippen LogP contribution in [0.4, 0.5) is 0 Å². The molecule has 2 aromatic rings. The monoisotopic (exact) mass is 397 g/mol. The van der Waals surface area contributed by atoms with Crippen molar-refractivity contribution in [1.82, 2.24) is 14.3 Å². The molecule has 1 aliphatic rings. The van der Waals surface area contributed by atoms with Gasteiger partial charge in [-0.2, -0.15) is 0 Å². The number of aromatic nitrogens is 2. The highest BCUT2D eigenvalue weighted by atomic mass is 79.9. The number of amides is 1. The quantitative estimate of drug-likeness (QED) is 0.782. The fourth-order valence-electron chi connectivity index (χ4n) is 2.35. The SMILES string of the molecule is O=C(CSCc1cc(=O)n2cc(Br)ccc2n1)N1CCOCC1. The van der Waals surface area contributed by atoms with Crippen LogP contribution in [-0.2, 0) is 15.3 Å². The summed E-state index contributed by atoms with van der Waals surface area (Å²) in [6.07, 6.45) is 1.70. The van der Waals surface area contributed by atoms with Gasteiger partial charge in [0.2, 0.25) is 5.91 Å². The van der Waals surface area contributed by atoms with Gasteiger partial charge in [0.05, 0.1) is 24.7 Å². The normalized spacial score (nSPS) is 15.1. The summed E-state index contributed by atoms with van der Waals surface area (Å²) in [6, 6.07) is 5.16. The van der Waals surface area contributed by atoms with Crippen molar-refractivity contribution in [2.45, 2.75) is 5.75 Å². The molecule has 3 rings (SSSR count). The van der Waals surface area contributed by atoms with Crippen LogP contribution in [0.3, 0.4) is 0 Å².